The van der Waals surface area contributed by atoms with E-state index in [0.29, 0.717) is 12.5 Å². The van der Waals surface area contributed by atoms with Gasteiger partial charge in [0.25, 0.3) is 0 Å². The maximum atomic E-state index is 11.3. The van der Waals surface area contributed by atoms with Crippen LogP contribution in [0.5, 0.6) is 0 Å². The lowest BCUT2D eigenvalue weighted by Crippen LogP contribution is -1.98. The zero-order valence-corrected chi connectivity index (χ0v) is 9.25. The van der Waals surface area contributed by atoms with E-state index in [9.17, 15) is 4.79 Å². The van der Waals surface area contributed by atoms with Gasteiger partial charge in [0, 0.05) is 5.56 Å². The van der Waals surface area contributed by atoms with Gasteiger partial charge < -0.3 is 4.74 Å². The average Bonchev–Trinajstić information content (AvgIpc) is 2.62. The predicted molar refractivity (Wildman–Crippen MR) is 58.9 cm³/mol. The monoisotopic (exact) mass is 204 g/mol. The number of hydrogen-bond acceptors (Lipinski definition) is 2. The highest BCUT2D eigenvalue weighted by molar-refractivity contribution is 5.93. The molecule has 1 aliphatic heterocycles. The summed E-state index contributed by atoms with van der Waals surface area (Å²) >= 11 is 0. The van der Waals surface area contributed by atoms with E-state index in [1.165, 1.54) is 5.56 Å². The quantitative estimate of drug-likeness (QED) is 0.706. The topological polar surface area (TPSA) is 26.3 Å². The molecule has 0 saturated carbocycles. The third-order valence-corrected chi connectivity index (χ3v) is 3.16. The van der Waals surface area contributed by atoms with E-state index < -0.39 is 0 Å². The van der Waals surface area contributed by atoms with Crippen LogP contribution in [0, 0.1) is 0 Å². The normalized spacial score (nSPS) is 14.2. The van der Waals surface area contributed by atoms with Gasteiger partial charge in [0.05, 0.1) is 5.56 Å². The van der Waals surface area contributed by atoms with Crippen LogP contribution in [0.1, 0.15) is 54.1 Å². The van der Waals surface area contributed by atoms with Gasteiger partial charge in [0.2, 0.25) is 0 Å². The van der Waals surface area contributed by atoms with Crippen LogP contribution in [0.25, 0.3) is 0 Å². The van der Waals surface area contributed by atoms with Gasteiger partial charge in [-0.15, -0.1) is 0 Å². The number of benzene rings is 1. The van der Waals surface area contributed by atoms with Crippen LogP contribution in [0.4, 0.5) is 0 Å². The zero-order chi connectivity index (χ0) is 10.8. The number of esters is 1. The summed E-state index contributed by atoms with van der Waals surface area (Å²) in [5.74, 6) is 0.423. The van der Waals surface area contributed by atoms with Crippen molar-refractivity contribution in [3.63, 3.8) is 0 Å². The fraction of sp³-hybridized carbons (Fsp3) is 0.462. The van der Waals surface area contributed by atoms with E-state index in [1.54, 1.807) is 0 Å². The largest absolute Gasteiger partial charge is 0.457 e. The van der Waals surface area contributed by atoms with Gasteiger partial charge in [-0.25, -0.2) is 4.79 Å². The predicted octanol–water partition coefficient (Wildman–Crippen LogP) is 3.26. The molecule has 1 aromatic rings. The number of cyclic esters (lactones) is 1. The second kappa shape index (κ2) is 4.05. The molecule has 1 heterocycles. The van der Waals surface area contributed by atoms with Gasteiger partial charge in [0.15, 0.2) is 0 Å². The summed E-state index contributed by atoms with van der Waals surface area (Å²) in [7, 11) is 0. The summed E-state index contributed by atoms with van der Waals surface area (Å²) < 4.78 is 4.99. The SMILES string of the molecule is CCC(CC)c1ccc2c(c1)COC2=O. The maximum Gasteiger partial charge on any atom is 0.338 e. The Kier molecular flexibility index (Phi) is 2.76. The molecular weight excluding hydrogens is 188 g/mol. The lowest BCUT2D eigenvalue weighted by atomic mass is 9.92. The highest BCUT2D eigenvalue weighted by Gasteiger charge is 2.21. The maximum absolute atomic E-state index is 11.3. The van der Waals surface area contributed by atoms with E-state index in [4.69, 9.17) is 4.74 Å². The van der Waals surface area contributed by atoms with Crippen LogP contribution in [-0.4, -0.2) is 5.97 Å². The Morgan fingerprint density at radius 1 is 1.33 bits per heavy atom. The van der Waals surface area contributed by atoms with Crippen LogP contribution >= 0.6 is 0 Å². The molecule has 2 rings (SSSR count). The standard InChI is InChI=1S/C13H16O2/c1-3-9(4-2)10-5-6-12-11(7-10)8-15-13(12)14/h5-7,9H,3-4,8H2,1-2H3. The van der Waals surface area contributed by atoms with E-state index in [1.807, 2.05) is 6.07 Å². The van der Waals surface area contributed by atoms with Crippen LogP contribution in [0.2, 0.25) is 0 Å². The van der Waals surface area contributed by atoms with Crippen LogP contribution in [0.15, 0.2) is 18.2 Å². The van der Waals surface area contributed by atoms with Crippen molar-refractivity contribution in [3.05, 3.63) is 34.9 Å². The summed E-state index contributed by atoms with van der Waals surface area (Å²) in [5, 5.41) is 0. The first-order valence-electron chi connectivity index (χ1n) is 5.56. The summed E-state index contributed by atoms with van der Waals surface area (Å²) in [6.45, 7) is 4.84. The van der Waals surface area contributed by atoms with Gasteiger partial charge in [-0.1, -0.05) is 26.0 Å². The van der Waals surface area contributed by atoms with Crippen LogP contribution in [0.3, 0.4) is 0 Å². The Balaban J connectivity index is 2.34. The molecule has 2 heteroatoms. The first kappa shape index (κ1) is 10.2. The molecular formula is C13H16O2. The van der Waals surface area contributed by atoms with E-state index in [-0.39, 0.29) is 5.97 Å². The third-order valence-electron chi connectivity index (χ3n) is 3.16. The van der Waals surface area contributed by atoms with Gasteiger partial charge >= 0.3 is 5.97 Å². The third kappa shape index (κ3) is 1.76. The van der Waals surface area contributed by atoms with Crippen molar-refractivity contribution in [3.8, 4) is 0 Å². The molecule has 0 radical (unpaired) electrons. The lowest BCUT2D eigenvalue weighted by molar-refractivity contribution is 0.0535. The summed E-state index contributed by atoms with van der Waals surface area (Å²) in [5.41, 5.74) is 3.12. The van der Waals surface area contributed by atoms with Crippen LogP contribution in [-0.2, 0) is 11.3 Å². The molecule has 0 aliphatic carbocycles. The molecule has 0 aromatic heterocycles. The Hall–Kier alpha value is -1.31. The lowest BCUT2D eigenvalue weighted by Gasteiger charge is -2.13. The highest BCUT2D eigenvalue weighted by atomic mass is 16.5. The molecule has 80 valence electrons. The fourth-order valence-corrected chi connectivity index (χ4v) is 2.17. The van der Waals surface area contributed by atoms with E-state index in [2.05, 4.69) is 26.0 Å². The van der Waals surface area contributed by atoms with Crippen molar-refractivity contribution < 1.29 is 9.53 Å². The van der Waals surface area contributed by atoms with Gasteiger partial charge in [-0.2, -0.15) is 0 Å². The molecule has 1 aliphatic rings. The molecule has 1 aromatic carbocycles. The molecule has 0 saturated heterocycles. The number of ether oxygens (including phenoxy) is 1. The van der Waals surface area contributed by atoms with Crippen molar-refractivity contribution in [2.24, 2.45) is 0 Å². The summed E-state index contributed by atoms with van der Waals surface area (Å²) in [6, 6.07) is 6.08. The molecule has 15 heavy (non-hydrogen) atoms. The number of carbonyl (C=O) groups excluding carboxylic acids is 1. The molecule has 0 fully saturated rings. The minimum Gasteiger partial charge on any atom is -0.457 e. The smallest absolute Gasteiger partial charge is 0.338 e. The Bertz CT molecular complexity index is 378. The van der Waals surface area contributed by atoms with Crippen molar-refractivity contribution >= 4 is 5.97 Å². The molecule has 0 spiro atoms. The van der Waals surface area contributed by atoms with Crippen LogP contribution < -0.4 is 0 Å². The summed E-state index contributed by atoms with van der Waals surface area (Å²) in [4.78, 5) is 11.3. The Morgan fingerprint density at radius 2 is 2.07 bits per heavy atom. The van der Waals surface area contributed by atoms with Crippen molar-refractivity contribution in [2.75, 3.05) is 0 Å². The van der Waals surface area contributed by atoms with Gasteiger partial charge in [-0.3, -0.25) is 0 Å². The summed E-state index contributed by atoms with van der Waals surface area (Å²) in [6.07, 6.45) is 2.29. The first-order chi connectivity index (χ1) is 7.26. The van der Waals surface area contributed by atoms with Crippen molar-refractivity contribution in [1.29, 1.82) is 0 Å². The molecule has 0 atom stereocenters. The first-order valence-corrected chi connectivity index (χ1v) is 5.56. The fourth-order valence-electron chi connectivity index (χ4n) is 2.17. The van der Waals surface area contributed by atoms with E-state index in [0.717, 1.165) is 24.0 Å². The number of hydrogen-bond donors (Lipinski definition) is 0. The Labute approximate surface area is 90.3 Å². The number of rotatable bonds is 3. The second-order valence-corrected chi connectivity index (χ2v) is 4.01. The molecule has 0 unspecified atom stereocenters. The molecule has 2 nitrogen and oxygen atoms in total. The Morgan fingerprint density at radius 3 is 2.73 bits per heavy atom. The highest BCUT2D eigenvalue weighted by Crippen LogP contribution is 2.28. The minimum atomic E-state index is -0.180. The second-order valence-electron chi connectivity index (χ2n) is 4.01. The number of carbonyl (C=O) groups is 1. The average molecular weight is 204 g/mol. The number of fused-ring (bicyclic) bond motifs is 1. The van der Waals surface area contributed by atoms with Crippen molar-refractivity contribution in [1.82, 2.24) is 0 Å². The van der Waals surface area contributed by atoms with E-state index >= 15 is 0 Å². The van der Waals surface area contributed by atoms with Gasteiger partial charge in [0.1, 0.15) is 6.61 Å². The van der Waals surface area contributed by atoms with Crippen molar-refractivity contribution in [2.45, 2.75) is 39.2 Å². The zero-order valence-electron chi connectivity index (χ0n) is 9.25. The molecule has 0 bridgehead atoms. The molecule has 0 N–H and O–H groups in total. The van der Waals surface area contributed by atoms with Gasteiger partial charge in [-0.05, 0) is 30.4 Å². The molecule has 0 amide bonds. The minimum absolute atomic E-state index is 0.180.